The van der Waals surface area contributed by atoms with Crippen LogP contribution < -0.4 is 0 Å². The summed E-state index contributed by atoms with van der Waals surface area (Å²) in [4.78, 5) is 14.0. The summed E-state index contributed by atoms with van der Waals surface area (Å²) in [6, 6.07) is 4.28. The number of ether oxygens (including phenoxy) is 3. The van der Waals surface area contributed by atoms with E-state index >= 15 is 0 Å². The summed E-state index contributed by atoms with van der Waals surface area (Å²) >= 11 is 0. The number of carbonyl (C=O) groups is 1. The molecular weight excluding hydrogens is 322 g/mol. The molecule has 1 aliphatic rings. The zero-order valence-electron chi connectivity index (χ0n) is 15.5. The van der Waals surface area contributed by atoms with Crippen molar-refractivity contribution in [2.75, 3.05) is 32.9 Å². The second kappa shape index (κ2) is 10.9. The molecular formula is C18H29N3O4. The van der Waals surface area contributed by atoms with Gasteiger partial charge in [0.25, 0.3) is 0 Å². The fourth-order valence-electron chi connectivity index (χ4n) is 2.13. The predicted octanol–water partition coefficient (Wildman–Crippen LogP) is 2.86. The zero-order chi connectivity index (χ0) is 18.7. The first-order valence-electron chi connectivity index (χ1n) is 8.79. The van der Waals surface area contributed by atoms with Crippen LogP contribution in [0.5, 0.6) is 0 Å². The van der Waals surface area contributed by atoms with Crippen LogP contribution in [0, 0.1) is 28.6 Å². The summed E-state index contributed by atoms with van der Waals surface area (Å²) in [6.45, 7) is 8.04. The number of carbonyl (C=O) groups excluding carboxylic acids is 1. The highest BCUT2D eigenvalue weighted by atomic mass is 16.6. The Morgan fingerprint density at radius 2 is 2.08 bits per heavy atom. The van der Waals surface area contributed by atoms with E-state index in [1.165, 1.54) is 0 Å². The van der Waals surface area contributed by atoms with Crippen LogP contribution >= 0.6 is 0 Å². The van der Waals surface area contributed by atoms with Crippen molar-refractivity contribution in [3.05, 3.63) is 0 Å². The van der Waals surface area contributed by atoms with E-state index in [0.717, 1.165) is 13.0 Å². The Labute approximate surface area is 150 Å². The van der Waals surface area contributed by atoms with Crippen molar-refractivity contribution in [3.63, 3.8) is 0 Å². The van der Waals surface area contributed by atoms with Crippen LogP contribution in [-0.2, 0) is 14.2 Å². The largest absolute Gasteiger partial charge is 0.444 e. The van der Waals surface area contributed by atoms with E-state index in [1.807, 2.05) is 20.8 Å². The Balaban J connectivity index is 2.41. The summed E-state index contributed by atoms with van der Waals surface area (Å²) in [5, 5.41) is 17.7. The van der Waals surface area contributed by atoms with Gasteiger partial charge >= 0.3 is 6.09 Å². The van der Waals surface area contributed by atoms with Crippen molar-refractivity contribution in [3.8, 4) is 12.1 Å². The quantitative estimate of drug-likeness (QED) is 0.419. The lowest BCUT2D eigenvalue weighted by molar-refractivity contribution is 0.0227. The highest BCUT2D eigenvalue weighted by molar-refractivity contribution is 5.68. The molecule has 0 bridgehead atoms. The molecule has 0 aromatic rings. The first-order valence-corrected chi connectivity index (χ1v) is 8.79. The van der Waals surface area contributed by atoms with Crippen molar-refractivity contribution in [1.82, 2.24) is 4.90 Å². The van der Waals surface area contributed by atoms with E-state index in [4.69, 9.17) is 19.5 Å². The summed E-state index contributed by atoms with van der Waals surface area (Å²) in [5.74, 6) is -0.288. The maximum Gasteiger partial charge on any atom is 0.410 e. The third-order valence-corrected chi connectivity index (χ3v) is 3.60. The number of hydrogen-bond acceptors (Lipinski definition) is 6. The van der Waals surface area contributed by atoms with Gasteiger partial charge in [0.05, 0.1) is 37.4 Å². The molecule has 1 heterocycles. The van der Waals surface area contributed by atoms with Crippen LogP contribution in [0.15, 0.2) is 0 Å². The Morgan fingerprint density at radius 1 is 1.36 bits per heavy atom. The van der Waals surface area contributed by atoms with E-state index in [1.54, 1.807) is 4.90 Å². The van der Waals surface area contributed by atoms with Crippen LogP contribution in [0.25, 0.3) is 0 Å². The predicted molar refractivity (Wildman–Crippen MR) is 91.6 cm³/mol. The maximum atomic E-state index is 12.3. The minimum Gasteiger partial charge on any atom is -0.444 e. The molecule has 1 fully saturated rings. The minimum absolute atomic E-state index is 0.236. The molecule has 25 heavy (non-hydrogen) atoms. The van der Waals surface area contributed by atoms with Gasteiger partial charge in [-0.25, -0.2) is 4.79 Å². The molecule has 0 aromatic carbocycles. The van der Waals surface area contributed by atoms with E-state index < -0.39 is 5.60 Å². The minimum atomic E-state index is -0.552. The molecule has 0 aromatic heterocycles. The van der Waals surface area contributed by atoms with Gasteiger partial charge in [-0.3, -0.25) is 0 Å². The zero-order valence-corrected chi connectivity index (χ0v) is 15.5. The van der Waals surface area contributed by atoms with Crippen LogP contribution in [0.4, 0.5) is 4.79 Å². The molecule has 1 aliphatic heterocycles. The van der Waals surface area contributed by atoms with Crippen LogP contribution in [0.1, 0.15) is 46.5 Å². The number of rotatable bonds is 11. The van der Waals surface area contributed by atoms with E-state index in [0.29, 0.717) is 45.6 Å². The molecule has 0 saturated carbocycles. The van der Waals surface area contributed by atoms with E-state index in [-0.39, 0.29) is 18.1 Å². The smallest absolute Gasteiger partial charge is 0.410 e. The van der Waals surface area contributed by atoms with Gasteiger partial charge in [-0.15, -0.1) is 0 Å². The van der Waals surface area contributed by atoms with E-state index in [9.17, 15) is 10.1 Å². The molecule has 7 heteroatoms. The second-order valence-corrected chi connectivity index (χ2v) is 7.16. The van der Waals surface area contributed by atoms with Crippen LogP contribution in [0.2, 0.25) is 0 Å². The molecule has 0 radical (unpaired) electrons. The van der Waals surface area contributed by atoms with Crippen molar-refractivity contribution in [1.29, 1.82) is 10.5 Å². The van der Waals surface area contributed by atoms with Crippen molar-refractivity contribution < 1.29 is 19.0 Å². The topological polar surface area (TPSA) is 98.9 Å². The number of nitrogens with zero attached hydrogens (tertiary/aromatic N) is 3. The highest BCUT2D eigenvalue weighted by Gasteiger charge is 2.27. The van der Waals surface area contributed by atoms with Crippen molar-refractivity contribution in [2.24, 2.45) is 5.92 Å². The van der Waals surface area contributed by atoms with Gasteiger partial charge in [-0.05, 0) is 40.0 Å². The van der Waals surface area contributed by atoms with Gasteiger partial charge in [0.2, 0.25) is 0 Å². The lowest BCUT2D eigenvalue weighted by atomic mass is 10.1. The molecule has 140 valence electrons. The first-order chi connectivity index (χ1) is 11.9. The van der Waals surface area contributed by atoms with Gasteiger partial charge in [0.1, 0.15) is 5.60 Å². The Bertz CT molecular complexity index is 486. The molecule has 2 unspecified atom stereocenters. The summed E-state index contributed by atoms with van der Waals surface area (Å²) in [7, 11) is 0. The van der Waals surface area contributed by atoms with E-state index in [2.05, 4.69) is 12.1 Å². The van der Waals surface area contributed by atoms with Gasteiger partial charge in [0, 0.05) is 26.1 Å². The average Bonchev–Trinajstić information content (AvgIpc) is 3.35. The first kappa shape index (κ1) is 21.2. The second-order valence-electron chi connectivity index (χ2n) is 7.16. The molecule has 0 N–H and O–H groups in total. The Hall–Kier alpha value is -1.83. The molecule has 1 amide bonds. The average molecular weight is 351 g/mol. The number of nitriles is 2. The van der Waals surface area contributed by atoms with Gasteiger partial charge in [-0.1, -0.05) is 0 Å². The van der Waals surface area contributed by atoms with Crippen LogP contribution in [0.3, 0.4) is 0 Å². The lowest BCUT2D eigenvalue weighted by Crippen LogP contribution is -2.39. The number of hydrogen-bond donors (Lipinski definition) is 0. The molecule has 7 nitrogen and oxygen atoms in total. The number of amides is 1. The molecule has 0 aliphatic carbocycles. The molecule has 0 spiro atoms. The third kappa shape index (κ3) is 10.6. The summed E-state index contributed by atoms with van der Waals surface area (Å²) < 4.78 is 16.1. The standard InChI is InChI=1S/C18H29N3O4/c1-18(2,3)25-17(22)21(10-7-16-14-24-16)9-6-15(12-20)13-23-11-5-4-8-19/h15-16H,4-7,9-11,13-14H2,1-3H3. The van der Waals surface area contributed by atoms with Crippen molar-refractivity contribution >= 4 is 6.09 Å². The number of epoxide rings is 1. The van der Waals surface area contributed by atoms with Crippen molar-refractivity contribution in [2.45, 2.75) is 58.2 Å². The van der Waals surface area contributed by atoms with Crippen LogP contribution in [-0.4, -0.2) is 55.6 Å². The third-order valence-electron chi connectivity index (χ3n) is 3.60. The SMILES string of the molecule is CC(C)(C)OC(=O)N(CCC(C#N)COCCCC#N)CCC1CO1. The normalized spacial score (nSPS) is 17.2. The van der Waals surface area contributed by atoms with Gasteiger partial charge in [-0.2, -0.15) is 10.5 Å². The summed E-state index contributed by atoms with van der Waals surface area (Å²) in [6.07, 6.45) is 2.30. The Morgan fingerprint density at radius 3 is 2.64 bits per heavy atom. The number of unbranched alkanes of at least 4 members (excludes halogenated alkanes) is 1. The van der Waals surface area contributed by atoms with Gasteiger partial charge < -0.3 is 19.1 Å². The molecule has 2 atom stereocenters. The Kier molecular flexibility index (Phi) is 9.26. The fraction of sp³-hybridized carbons (Fsp3) is 0.833. The molecule has 1 saturated heterocycles. The monoisotopic (exact) mass is 351 g/mol. The lowest BCUT2D eigenvalue weighted by Gasteiger charge is -2.27. The maximum absolute atomic E-state index is 12.3. The molecule has 1 rings (SSSR count). The highest BCUT2D eigenvalue weighted by Crippen LogP contribution is 2.17. The van der Waals surface area contributed by atoms with Gasteiger partial charge in [0.15, 0.2) is 0 Å². The summed E-state index contributed by atoms with van der Waals surface area (Å²) in [5.41, 5.74) is -0.552. The fourth-order valence-corrected chi connectivity index (χ4v) is 2.13.